The standard InChI is InChI=1S/C15H15NO3/c1-18-15(17)9-16-8-13-12-5-3-2-4-11(12)6-7-14(13)19-10-16/h2-7H,8-10H2,1H3. The second kappa shape index (κ2) is 4.90. The first-order valence-corrected chi connectivity index (χ1v) is 6.20. The number of carbonyl (C=O) groups is 1. The van der Waals surface area contributed by atoms with E-state index in [1.807, 2.05) is 23.1 Å². The van der Waals surface area contributed by atoms with Gasteiger partial charge in [-0.15, -0.1) is 0 Å². The number of esters is 1. The third-order valence-electron chi connectivity index (χ3n) is 3.36. The molecule has 19 heavy (non-hydrogen) atoms. The van der Waals surface area contributed by atoms with Crippen LogP contribution in [-0.4, -0.2) is 31.3 Å². The highest BCUT2D eigenvalue weighted by molar-refractivity contribution is 5.88. The smallest absolute Gasteiger partial charge is 0.319 e. The Hall–Kier alpha value is -2.07. The second-order valence-electron chi connectivity index (χ2n) is 4.60. The third kappa shape index (κ3) is 2.27. The molecule has 4 heteroatoms. The molecular weight excluding hydrogens is 242 g/mol. The quantitative estimate of drug-likeness (QED) is 0.773. The van der Waals surface area contributed by atoms with Crippen LogP contribution in [0.3, 0.4) is 0 Å². The minimum absolute atomic E-state index is 0.243. The molecule has 3 rings (SSSR count). The molecule has 0 aromatic heterocycles. The van der Waals surface area contributed by atoms with E-state index in [2.05, 4.69) is 18.2 Å². The fraction of sp³-hybridized carbons (Fsp3) is 0.267. The predicted molar refractivity (Wildman–Crippen MR) is 71.9 cm³/mol. The van der Waals surface area contributed by atoms with Gasteiger partial charge in [0.25, 0.3) is 0 Å². The lowest BCUT2D eigenvalue weighted by Crippen LogP contribution is -2.36. The normalized spacial score (nSPS) is 14.8. The van der Waals surface area contributed by atoms with Gasteiger partial charge in [0.1, 0.15) is 12.5 Å². The van der Waals surface area contributed by atoms with Gasteiger partial charge in [-0.2, -0.15) is 0 Å². The Morgan fingerprint density at radius 2 is 2.16 bits per heavy atom. The summed E-state index contributed by atoms with van der Waals surface area (Å²) in [7, 11) is 1.40. The molecule has 0 amide bonds. The molecule has 0 saturated heterocycles. The summed E-state index contributed by atoms with van der Waals surface area (Å²) in [5, 5.41) is 2.36. The van der Waals surface area contributed by atoms with Crippen molar-refractivity contribution in [2.75, 3.05) is 20.4 Å². The molecular formula is C15H15NO3. The molecule has 1 aliphatic rings. The second-order valence-corrected chi connectivity index (χ2v) is 4.60. The lowest BCUT2D eigenvalue weighted by atomic mass is 10.0. The van der Waals surface area contributed by atoms with Crippen LogP contribution < -0.4 is 4.74 Å². The number of fused-ring (bicyclic) bond motifs is 3. The molecule has 0 spiro atoms. The van der Waals surface area contributed by atoms with Gasteiger partial charge in [-0.1, -0.05) is 30.3 Å². The zero-order valence-corrected chi connectivity index (χ0v) is 10.8. The summed E-state index contributed by atoms with van der Waals surface area (Å²) in [6.45, 7) is 1.37. The van der Waals surface area contributed by atoms with Crippen molar-refractivity contribution in [2.45, 2.75) is 6.54 Å². The van der Waals surface area contributed by atoms with Gasteiger partial charge in [0.05, 0.1) is 13.7 Å². The fourth-order valence-corrected chi connectivity index (χ4v) is 2.39. The van der Waals surface area contributed by atoms with E-state index >= 15 is 0 Å². The molecule has 0 N–H and O–H groups in total. The first-order valence-electron chi connectivity index (χ1n) is 6.20. The Balaban J connectivity index is 1.94. The van der Waals surface area contributed by atoms with E-state index in [0.29, 0.717) is 13.3 Å². The minimum atomic E-state index is -0.243. The number of ether oxygens (including phenoxy) is 2. The molecule has 0 aliphatic carbocycles. The SMILES string of the molecule is COC(=O)CN1COc2ccc3ccccc3c2C1. The maximum atomic E-state index is 11.3. The minimum Gasteiger partial charge on any atom is -0.478 e. The van der Waals surface area contributed by atoms with E-state index in [4.69, 9.17) is 9.47 Å². The molecule has 0 atom stereocenters. The van der Waals surface area contributed by atoms with Crippen molar-refractivity contribution in [3.8, 4) is 5.75 Å². The van der Waals surface area contributed by atoms with Crippen LogP contribution in [0, 0.1) is 0 Å². The number of nitrogens with zero attached hydrogens (tertiary/aromatic N) is 1. The van der Waals surface area contributed by atoms with Crippen LogP contribution in [-0.2, 0) is 16.1 Å². The monoisotopic (exact) mass is 257 g/mol. The molecule has 4 nitrogen and oxygen atoms in total. The van der Waals surface area contributed by atoms with Crippen LogP contribution in [0.2, 0.25) is 0 Å². The van der Waals surface area contributed by atoms with Crippen LogP contribution >= 0.6 is 0 Å². The Morgan fingerprint density at radius 1 is 1.32 bits per heavy atom. The third-order valence-corrected chi connectivity index (χ3v) is 3.36. The molecule has 1 heterocycles. The van der Waals surface area contributed by atoms with Crippen LogP contribution in [0.5, 0.6) is 5.75 Å². The molecule has 1 aliphatic heterocycles. The lowest BCUT2D eigenvalue weighted by molar-refractivity contribution is -0.143. The van der Waals surface area contributed by atoms with Crippen molar-refractivity contribution in [3.63, 3.8) is 0 Å². The predicted octanol–water partition coefficient (Wildman–Crippen LogP) is 2.16. The molecule has 0 fully saturated rings. The number of benzene rings is 2. The van der Waals surface area contributed by atoms with Crippen molar-refractivity contribution in [2.24, 2.45) is 0 Å². The summed E-state index contributed by atoms with van der Waals surface area (Å²) in [5.74, 6) is 0.659. The number of methoxy groups -OCH3 is 1. The van der Waals surface area contributed by atoms with Crippen molar-refractivity contribution >= 4 is 16.7 Å². The molecule has 0 bridgehead atoms. The van der Waals surface area contributed by atoms with Gasteiger partial charge >= 0.3 is 5.97 Å². The molecule has 2 aromatic carbocycles. The van der Waals surface area contributed by atoms with Crippen LogP contribution in [0.4, 0.5) is 0 Å². The summed E-state index contributed by atoms with van der Waals surface area (Å²) in [6.07, 6.45) is 0. The maximum Gasteiger partial charge on any atom is 0.319 e. The molecule has 0 unspecified atom stereocenters. The maximum absolute atomic E-state index is 11.3. The number of rotatable bonds is 2. The highest BCUT2D eigenvalue weighted by atomic mass is 16.5. The molecule has 2 aromatic rings. The van der Waals surface area contributed by atoms with Crippen molar-refractivity contribution in [3.05, 3.63) is 42.0 Å². The number of carbonyl (C=O) groups excluding carboxylic acids is 1. The Bertz CT molecular complexity index is 624. The average Bonchev–Trinajstić information content (AvgIpc) is 2.47. The molecule has 0 radical (unpaired) electrons. The zero-order chi connectivity index (χ0) is 13.2. The van der Waals surface area contributed by atoms with Gasteiger partial charge in [-0.25, -0.2) is 0 Å². The topological polar surface area (TPSA) is 38.8 Å². The van der Waals surface area contributed by atoms with Gasteiger partial charge < -0.3 is 9.47 Å². The van der Waals surface area contributed by atoms with E-state index in [0.717, 1.165) is 11.3 Å². The summed E-state index contributed by atoms with van der Waals surface area (Å²) in [6, 6.07) is 12.2. The summed E-state index contributed by atoms with van der Waals surface area (Å²) in [5.41, 5.74) is 1.13. The van der Waals surface area contributed by atoms with Crippen LogP contribution in [0.1, 0.15) is 5.56 Å². The van der Waals surface area contributed by atoms with E-state index in [-0.39, 0.29) is 12.5 Å². The Labute approximate surface area is 111 Å². The van der Waals surface area contributed by atoms with Crippen LogP contribution in [0.15, 0.2) is 36.4 Å². The van der Waals surface area contributed by atoms with Crippen molar-refractivity contribution in [1.29, 1.82) is 0 Å². The van der Waals surface area contributed by atoms with E-state index < -0.39 is 0 Å². The van der Waals surface area contributed by atoms with Gasteiger partial charge in [0.2, 0.25) is 0 Å². The lowest BCUT2D eigenvalue weighted by Gasteiger charge is -2.28. The van der Waals surface area contributed by atoms with Crippen molar-refractivity contribution in [1.82, 2.24) is 4.90 Å². The molecule has 0 saturated carbocycles. The zero-order valence-electron chi connectivity index (χ0n) is 10.8. The Kier molecular flexibility index (Phi) is 3.09. The highest BCUT2D eigenvalue weighted by Crippen LogP contribution is 2.31. The van der Waals surface area contributed by atoms with Gasteiger partial charge in [0.15, 0.2) is 0 Å². The van der Waals surface area contributed by atoms with Crippen LogP contribution in [0.25, 0.3) is 10.8 Å². The Morgan fingerprint density at radius 3 is 3.00 bits per heavy atom. The first kappa shape index (κ1) is 12.0. The van der Waals surface area contributed by atoms with E-state index in [1.54, 1.807) is 0 Å². The summed E-state index contributed by atoms with van der Waals surface area (Å²) in [4.78, 5) is 13.3. The summed E-state index contributed by atoms with van der Waals surface area (Å²) >= 11 is 0. The summed E-state index contributed by atoms with van der Waals surface area (Å²) < 4.78 is 10.4. The van der Waals surface area contributed by atoms with Crippen molar-refractivity contribution < 1.29 is 14.3 Å². The van der Waals surface area contributed by atoms with Gasteiger partial charge in [-0.05, 0) is 16.8 Å². The fourth-order valence-electron chi connectivity index (χ4n) is 2.39. The van der Waals surface area contributed by atoms with E-state index in [1.165, 1.54) is 17.9 Å². The number of hydrogen-bond donors (Lipinski definition) is 0. The first-order chi connectivity index (χ1) is 9.28. The van der Waals surface area contributed by atoms with Gasteiger partial charge in [0, 0.05) is 12.1 Å². The van der Waals surface area contributed by atoms with E-state index in [9.17, 15) is 4.79 Å². The average molecular weight is 257 g/mol. The highest BCUT2D eigenvalue weighted by Gasteiger charge is 2.21. The molecule has 98 valence electrons. The largest absolute Gasteiger partial charge is 0.478 e. The number of hydrogen-bond acceptors (Lipinski definition) is 4. The van der Waals surface area contributed by atoms with Gasteiger partial charge in [-0.3, -0.25) is 9.69 Å².